The standard InChI is InChI=1S/C10H14BrNO/c1-3-6-12-9-7-8(11)4-5-10(9)13-2/h4-5,7,12H,3,6H2,1-2H3. The van der Waals surface area contributed by atoms with Crippen molar-refractivity contribution in [2.24, 2.45) is 0 Å². The molecule has 3 heteroatoms. The highest BCUT2D eigenvalue weighted by Gasteiger charge is 2.01. The van der Waals surface area contributed by atoms with E-state index < -0.39 is 0 Å². The highest BCUT2D eigenvalue weighted by molar-refractivity contribution is 9.10. The molecule has 0 spiro atoms. The Labute approximate surface area is 87.4 Å². The van der Waals surface area contributed by atoms with Crippen molar-refractivity contribution in [3.8, 4) is 5.75 Å². The van der Waals surface area contributed by atoms with Gasteiger partial charge in [-0.15, -0.1) is 0 Å². The molecule has 1 N–H and O–H groups in total. The molecule has 0 aliphatic heterocycles. The summed E-state index contributed by atoms with van der Waals surface area (Å²) in [6, 6.07) is 5.94. The lowest BCUT2D eigenvalue weighted by Crippen LogP contribution is -2.01. The Morgan fingerprint density at radius 1 is 1.46 bits per heavy atom. The summed E-state index contributed by atoms with van der Waals surface area (Å²) < 4.78 is 6.28. The summed E-state index contributed by atoms with van der Waals surface area (Å²) >= 11 is 3.42. The SMILES string of the molecule is CCCNc1cc(Br)ccc1OC. The molecule has 0 unspecified atom stereocenters. The average molecular weight is 244 g/mol. The number of ether oxygens (including phenoxy) is 1. The second-order valence-corrected chi connectivity index (χ2v) is 3.69. The van der Waals surface area contributed by atoms with Gasteiger partial charge >= 0.3 is 0 Å². The number of nitrogens with one attached hydrogen (secondary N) is 1. The van der Waals surface area contributed by atoms with Gasteiger partial charge in [-0.3, -0.25) is 0 Å². The third-order valence-corrected chi connectivity index (χ3v) is 2.22. The molecule has 0 bridgehead atoms. The van der Waals surface area contributed by atoms with Gasteiger partial charge in [0.25, 0.3) is 0 Å². The zero-order valence-electron chi connectivity index (χ0n) is 7.93. The van der Waals surface area contributed by atoms with Crippen LogP contribution in [0.2, 0.25) is 0 Å². The third-order valence-electron chi connectivity index (χ3n) is 1.73. The van der Waals surface area contributed by atoms with Gasteiger partial charge in [0.1, 0.15) is 5.75 Å². The van der Waals surface area contributed by atoms with Gasteiger partial charge in [0, 0.05) is 11.0 Å². The van der Waals surface area contributed by atoms with Gasteiger partial charge in [0.15, 0.2) is 0 Å². The molecule has 0 aliphatic rings. The molecule has 0 heterocycles. The van der Waals surface area contributed by atoms with Crippen LogP contribution in [0.25, 0.3) is 0 Å². The summed E-state index contributed by atoms with van der Waals surface area (Å²) in [7, 11) is 1.68. The topological polar surface area (TPSA) is 21.3 Å². The maximum Gasteiger partial charge on any atom is 0.142 e. The first-order valence-electron chi connectivity index (χ1n) is 4.35. The van der Waals surface area contributed by atoms with Crippen LogP contribution in [-0.4, -0.2) is 13.7 Å². The average Bonchev–Trinajstić information content (AvgIpc) is 2.15. The van der Waals surface area contributed by atoms with Crippen molar-refractivity contribution in [1.29, 1.82) is 0 Å². The van der Waals surface area contributed by atoms with Crippen LogP contribution in [0.1, 0.15) is 13.3 Å². The van der Waals surface area contributed by atoms with E-state index in [-0.39, 0.29) is 0 Å². The fraction of sp³-hybridized carbons (Fsp3) is 0.400. The van der Waals surface area contributed by atoms with Gasteiger partial charge < -0.3 is 10.1 Å². The predicted molar refractivity (Wildman–Crippen MR) is 59.5 cm³/mol. The summed E-state index contributed by atoms with van der Waals surface area (Å²) in [5.74, 6) is 0.886. The van der Waals surface area contributed by atoms with E-state index in [1.54, 1.807) is 7.11 Å². The molecule has 0 fully saturated rings. The highest BCUT2D eigenvalue weighted by atomic mass is 79.9. The smallest absolute Gasteiger partial charge is 0.142 e. The summed E-state index contributed by atoms with van der Waals surface area (Å²) in [5.41, 5.74) is 1.04. The Hall–Kier alpha value is -0.700. The van der Waals surface area contributed by atoms with E-state index in [0.717, 1.165) is 28.9 Å². The monoisotopic (exact) mass is 243 g/mol. The van der Waals surface area contributed by atoms with Crippen molar-refractivity contribution in [2.75, 3.05) is 19.0 Å². The van der Waals surface area contributed by atoms with Crippen LogP contribution in [0.4, 0.5) is 5.69 Å². The molecule has 0 aromatic heterocycles. The first kappa shape index (κ1) is 10.4. The molecule has 13 heavy (non-hydrogen) atoms. The Morgan fingerprint density at radius 2 is 2.23 bits per heavy atom. The lowest BCUT2D eigenvalue weighted by Gasteiger charge is -2.10. The lowest BCUT2D eigenvalue weighted by atomic mass is 10.3. The maximum absolute atomic E-state index is 5.21. The van der Waals surface area contributed by atoms with E-state index >= 15 is 0 Å². The molecule has 0 saturated carbocycles. The van der Waals surface area contributed by atoms with Crippen LogP contribution in [0.15, 0.2) is 22.7 Å². The van der Waals surface area contributed by atoms with Crippen molar-refractivity contribution >= 4 is 21.6 Å². The van der Waals surface area contributed by atoms with Gasteiger partial charge in [-0.25, -0.2) is 0 Å². The third kappa shape index (κ3) is 2.92. The van der Waals surface area contributed by atoms with Crippen LogP contribution in [0, 0.1) is 0 Å². The number of anilines is 1. The van der Waals surface area contributed by atoms with E-state index in [9.17, 15) is 0 Å². The molecular weight excluding hydrogens is 230 g/mol. The number of methoxy groups -OCH3 is 1. The molecule has 1 rings (SSSR count). The Kier molecular flexibility index (Phi) is 4.09. The normalized spacial score (nSPS) is 9.77. The fourth-order valence-corrected chi connectivity index (χ4v) is 1.44. The van der Waals surface area contributed by atoms with Gasteiger partial charge in [-0.2, -0.15) is 0 Å². The van der Waals surface area contributed by atoms with E-state index in [2.05, 4.69) is 28.2 Å². The van der Waals surface area contributed by atoms with Crippen LogP contribution in [-0.2, 0) is 0 Å². The van der Waals surface area contributed by atoms with Crippen molar-refractivity contribution in [2.45, 2.75) is 13.3 Å². The molecule has 2 nitrogen and oxygen atoms in total. The summed E-state index contributed by atoms with van der Waals surface area (Å²) in [4.78, 5) is 0. The zero-order valence-corrected chi connectivity index (χ0v) is 9.52. The maximum atomic E-state index is 5.21. The van der Waals surface area contributed by atoms with Gasteiger partial charge in [-0.1, -0.05) is 22.9 Å². The van der Waals surface area contributed by atoms with E-state index in [1.165, 1.54) is 0 Å². The van der Waals surface area contributed by atoms with E-state index in [4.69, 9.17) is 4.74 Å². The van der Waals surface area contributed by atoms with Gasteiger partial charge in [0.05, 0.1) is 12.8 Å². The van der Waals surface area contributed by atoms with Crippen LogP contribution >= 0.6 is 15.9 Å². The molecule has 0 saturated heterocycles. The second-order valence-electron chi connectivity index (χ2n) is 2.77. The number of benzene rings is 1. The minimum Gasteiger partial charge on any atom is -0.495 e. The second kappa shape index (κ2) is 5.12. The molecule has 0 atom stereocenters. The number of hydrogen-bond donors (Lipinski definition) is 1. The molecule has 1 aromatic carbocycles. The first-order chi connectivity index (χ1) is 6.27. The minimum atomic E-state index is 0.886. The Bertz CT molecular complexity index is 276. The Balaban J connectivity index is 2.81. The summed E-state index contributed by atoms with van der Waals surface area (Å²) in [6.45, 7) is 3.10. The van der Waals surface area contributed by atoms with Gasteiger partial charge in [0.2, 0.25) is 0 Å². The molecule has 0 amide bonds. The molecule has 0 aliphatic carbocycles. The quantitative estimate of drug-likeness (QED) is 0.877. The summed E-state index contributed by atoms with van der Waals surface area (Å²) in [6.07, 6.45) is 1.11. The number of halogens is 1. The van der Waals surface area contributed by atoms with Crippen molar-refractivity contribution in [3.05, 3.63) is 22.7 Å². The largest absolute Gasteiger partial charge is 0.495 e. The van der Waals surface area contributed by atoms with Crippen LogP contribution < -0.4 is 10.1 Å². The number of hydrogen-bond acceptors (Lipinski definition) is 2. The van der Waals surface area contributed by atoms with Crippen molar-refractivity contribution in [3.63, 3.8) is 0 Å². The first-order valence-corrected chi connectivity index (χ1v) is 5.14. The van der Waals surface area contributed by atoms with Crippen molar-refractivity contribution in [1.82, 2.24) is 0 Å². The van der Waals surface area contributed by atoms with E-state index in [0.29, 0.717) is 0 Å². The van der Waals surface area contributed by atoms with Crippen LogP contribution in [0.5, 0.6) is 5.75 Å². The van der Waals surface area contributed by atoms with Crippen molar-refractivity contribution < 1.29 is 4.74 Å². The van der Waals surface area contributed by atoms with Gasteiger partial charge in [-0.05, 0) is 24.6 Å². The zero-order chi connectivity index (χ0) is 9.68. The highest BCUT2D eigenvalue weighted by Crippen LogP contribution is 2.27. The molecular formula is C10H14BrNO. The Morgan fingerprint density at radius 3 is 2.85 bits per heavy atom. The lowest BCUT2D eigenvalue weighted by molar-refractivity contribution is 0.416. The molecule has 0 radical (unpaired) electrons. The van der Waals surface area contributed by atoms with E-state index in [1.807, 2.05) is 18.2 Å². The molecule has 72 valence electrons. The van der Waals surface area contributed by atoms with Crippen LogP contribution in [0.3, 0.4) is 0 Å². The molecule has 1 aromatic rings. The predicted octanol–water partition coefficient (Wildman–Crippen LogP) is 3.28. The summed E-state index contributed by atoms with van der Waals surface area (Å²) in [5, 5.41) is 3.30. The minimum absolute atomic E-state index is 0.886. The fourth-order valence-electron chi connectivity index (χ4n) is 1.08. The number of rotatable bonds is 4.